The van der Waals surface area contributed by atoms with E-state index < -0.39 is 37.6 Å². The van der Waals surface area contributed by atoms with Crippen LogP contribution in [0.25, 0.3) is 0 Å². The summed E-state index contributed by atoms with van der Waals surface area (Å²) in [5.74, 6) is 0. The van der Waals surface area contributed by atoms with E-state index in [1.807, 2.05) is 0 Å². The summed E-state index contributed by atoms with van der Waals surface area (Å²) < 4.78 is 0. The topological polar surface area (TPSA) is 127 Å². The van der Waals surface area contributed by atoms with Crippen LogP contribution < -0.4 is 5.73 Å². The van der Waals surface area contributed by atoms with Gasteiger partial charge in [-0.2, -0.15) is 0 Å². The standard InChI is InChI=1S/C6H15NO5/c7-3(1-8)5(11)6(12)4(10)2-9/h3-6,8-12H,1-2,7H2/t3-,4-,5+,6+/m0/s1. The summed E-state index contributed by atoms with van der Waals surface area (Å²) in [6, 6.07) is -1.03. The average Bonchev–Trinajstić information content (AvgIpc) is 2.12. The molecule has 7 N–H and O–H groups in total. The van der Waals surface area contributed by atoms with Crippen LogP contribution in [-0.4, -0.2) is 63.1 Å². The quantitative estimate of drug-likeness (QED) is 0.260. The molecule has 0 aliphatic carbocycles. The van der Waals surface area contributed by atoms with Crippen LogP contribution in [0.5, 0.6) is 0 Å². The third-order valence-electron chi connectivity index (χ3n) is 1.58. The van der Waals surface area contributed by atoms with Crippen LogP contribution in [0, 0.1) is 0 Å². The van der Waals surface area contributed by atoms with Crippen LogP contribution in [-0.2, 0) is 0 Å². The first-order chi connectivity index (χ1) is 5.54. The molecule has 0 heterocycles. The van der Waals surface area contributed by atoms with Gasteiger partial charge in [-0.05, 0) is 0 Å². The summed E-state index contributed by atoms with van der Waals surface area (Å²) >= 11 is 0. The molecule has 74 valence electrons. The number of aliphatic hydroxyl groups is 5. The molecule has 0 aromatic carbocycles. The lowest BCUT2D eigenvalue weighted by molar-refractivity contribution is -0.0873. The fourth-order valence-electron chi connectivity index (χ4n) is 0.697. The number of aliphatic hydroxyl groups excluding tert-OH is 5. The highest BCUT2D eigenvalue weighted by molar-refractivity contribution is 4.82. The fraction of sp³-hybridized carbons (Fsp3) is 1.00. The molecule has 0 aromatic rings. The molecule has 0 unspecified atom stereocenters. The largest absolute Gasteiger partial charge is 0.395 e. The number of nitrogens with two attached hydrogens (primary N) is 1. The van der Waals surface area contributed by atoms with Gasteiger partial charge in [0.05, 0.1) is 25.4 Å². The maximum atomic E-state index is 9.08. The number of hydrogen-bond donors (Lipinski definition) is 6. The molecule has 6 nitrogen and oxygen atoms in total. The van der Waals surface area contributed by atoms with E-state index in [1.54, 1.807) is 0 Å². The Balaban J connectivity index is 3.99. The van der Waals surface area contributed by atoms with Gasteiger partial charge in [0.2, 0.25) is 0 Å². The lowest BCUT2D eigenvalue weighted by Gasteiger charge is -2.24. The highest BCUT2D eigenvalue weighted by Crippen LogP contribution is 2.02. The van der Waals surface area contributed by atoms with Gasteiger partial charge in [0, 0.05) is 0 Å². The van der Waals surface area contributed by atoms with Crippen LogP contribution in [0.15, 0.2) is 0 Å². The molecule has 0 saturated carbocycles. The van der Waals surface area contributed by atoms with Gasteiger partial charge < -0.3 is 31.3 Å². The zero-order valence-corrected chi connectivity index (χ0v) is 6.54. The molecule has 0 fully saturated rings. The van der Waals surface area contributed by atoms with Crippen LogP contribution in [0.2, 0.25) is 0 Å². The van der Waals surface area contributed by atoms with Crippen molar-refractivity contribution < 1.29 is 25.5 Å². The Morgan fingerprint density at radius 3 is 1.75 bits per heavy atom. The van der Waals surface area contributed by atoms with Gasteiger partial charge in [-0.15, -0.1) is 0 Å². The van der Waals surface area contributed by atoms with Crippen LogP contribution in [0.1, 0.15) is 0 Å². The number of hydrogen-bond acceptors (Lipinski definition) is 6. The Bertz CT molecular complexity index is 109. The highest BCUT2D eigenvalue weighted by atomic mass is 16.4. The first kappa shape index (κ1) is 11.8. The van der Waals surface area contributed by atoms with Crippen LogP contribution in [0.4, 0.5) is 0 Å². The molecular formula is C6H15NO5. The maximum absolute atomic E-state index is 9.08. The molecule has 6 heteroatoms. The van der Waals surface area contributed by atoms with Gasteiger partial charge in [-0.3, -0.25) is 0 Å². The van der Waals surface area contributed by atoms with Gasteiger partial charge in [0.25, 0.3) is 0 Å². The second-order valence-electron chi connectivity index (χ2n) is 2.58. The minimum atomic E-state index is -1.54. The van der Waals surface area contributed by atoms with Crippen molar-refractivity contribution in [2.45, 2.75) is 24.4 Å². The first-order valence-electron chi connectivity index (χ1n) is 3.56. The third-order valence-corrected chi connectivity index (χ3v) is 1.58. The molecule has 0 aliphatic heterocycles. The predicted molar refractivity (Wildman–Crippen MR) is 40.2 cm³/mol. The third kappa shape index (κ3) is 3.02. The van der Waals surface area contributed by atoms with E-state index in [4.69, 9.17) is 31.3 Å². The molecule has 0 spiro atoms. The van der Waals surface area contributed by atoms with Crippen LogP contribution in [0.3, 0.4) is 0 Å². The van der Waals surface area contributed by atoms with Crippen molar-refractivity contribution in [2.75, 3.05) is 13.2 Å². The summed E-state index contributed by atoms with van der Waals surface area (Å²) in [7, 11) is 0. The van der Waals surface area contributed by atoms with E-state index >= 15 is 0 Å². The second kappa shape index (κ2) is 5.41. The molecule has 4 atom stereocenters. The Morgan fingerprint density at radius 1 is 0.917 bits per heavy atom. The lowest BCUT2D eigenvalue weighted by atomic mass is 10.0. The van der Waals surface area contributed by atoms with Gasteiger partial charge in [-0.1, -0.05) is 0 Å². The average molecular weight is 181 g/mol. The monoisotopic (exact) mass is 181 g/mol. The lowest BCUT2D eigenvalue weighted by Crippen LogP contribution is -2.50. The van der Waals surface area contributed by atoms with E-state index in [0.29, 0.717) is 0 Å². The minimum absolute atomic E-state index is 0.504. The molecule has 0 amide bonds. The summed E-state index contributed by atoms with van der Waals surface area (Å²) in [5.41, 5.74) is 5.16. The Morgan fingerprint density at radius 2 is 1.42 bits per heavy atom. The minimum Gasteiger partial charge on any atom is -0.395 e. The van der Waals surface area contributed by atoms with Crippen molar-refractivity contribution in [2.24, 2.45) is 5.73 Å². The SMILES string of the molecule is N[C@@H](CO)[C@@H](O)[C@H](O)[C@@H](O)CO. The highest BCUT2D eigenvalue weighted by Gasteiger charge is 2.28. The van der Waals surface area contributed by atoms with Gasteiger partial charge in [-0.25, -0.2) is 0 Å². The molecule has 0 rings (SSSR count). The molecule has 0 aliphatic rings. The van der Waals surface area contributed by atoms with Crippen molar-refractivity contribution in [3.8, 4) is 0 Å². The molecule has 0 bridgehead atoms. The summed E-state index contributed by atoms with van der Waals surface area (Å²) in [6.45, 7) is -1.17. The normalized spacial score (nSPS) is 21.5. The Hall–Kier alpha value is -0.240. The zero-order valence-electron chi connectivity index (χ0n) is 6.54. The van der Waals surface area contributed by atoms with Gasteiger partial charge in [0.1, 0.15) is 12.2 Å². The summed E-state index contributed by atoms with van der Waals surface area (Å²) in [6.07, 6.45) is -4.44. The molecule has 0 radical (unpaired) electrons. The molecular weight excluding hydrogens is 166 g/mol. The van der Waals surface area contributed by atoms with Gasteiger partial charge >= 0.3 is 0 Å². The molecule has 0 saturated heterocycles. The van der Waals surface area contributed by atoms with E-state index in [1.165, 1.54) is 0 Å². The van der Waals surface area contributed by atoms with Crippen molar-refractivity contribution in [3.63, 3.8) is 0 Å². The number of rotatable bonds is 5. The smallest absolute Gasteiger partial charge is 0.110 e. The van der Waals surface area contributed by atoms with E-state index in [0.717, 1.165) is 0 Å². The van der Waals surface area contributed by atoms with Crippen molar-refractivity contribution in [3.05, 3.63) is 0 Å². The first-order valence-corrected chi connectivity index (χ1v) is 3.56. The molecule has 0 aromatic heterocycles. The van der Waals surface area contributed by atoms with Crippen LogP contribution >= 0.6 is 0 Å². The fourth-order valence-corrected chi connectivity index (χ4v) is 0.697. The Kier molecular flexibility index (Phi) is 5.31. The van der Waals surface area contributed by atoms with Crippen molar-refractivity contribution >= 4 is 0 Å². The zero-order chi connectivity index (χ0) is 9.72. The van der Waals surface area contributed by atoms with E-state index in [-0.39, 0.29) is 0 Å². The van der Waals surface area contributed by atoms with E-state index in [2.05, 4.69) is 0 Å². The molecule has 12 heavy (non-hydrogen) atoms. The van der Waals surface area contributed by atoms with E-state index in [9.17, 15) is 0 Å². The summed E-state index contributed by atoms with van der Waals surface area (Å²) in [5, 5.41) is 43.8. The van der Waals surface area contributed by atoms with Gasteiger partial charge in [0.15, 0.2) is 0 Å². The Labute approximate surface area is 69.9 Å². The predicted octanol–water partition coefficient (Wildman–Crippen LogP) is -3.62. The van der Waals surface area contributed by atoms with Crippen molar-refractivity contribution in [1.29, 1.82) is 0 Å². The maximum Gasteiger partial charge on any atom is 0.110 e. The summed E-state index contributed by atoms with van der Waals surface area (Å²) in [4.78, 5) is 0. The van der Waals surface area contributed by atoms with Crippen molar-refractivity contribution in [1.82, 2.24) is 0 Å². The second-order valence-corrected chi connectivity index (χ2v) is 2.58.